The van der Waals surface area contributed by atoms with Gasteiger partial charge in [0.1, 0.15) is 12.4 Å². The van der Waals surface area contributed by atoms with Crippen LogP contribution in [0, 0.1) is 13.8 Å². The second kappa shape index (κ2) is 10.9. The molecule has 5 rings (SSSR count). The molecule has 1 aliphatic heterocycles. The van der Waals surface area contributed by atoms with Crippen LogP contribution in [0.2, 0.25) is 0 Å². The number of carbonyl (C=O) groups is 2. The van der Waals surface area contributed by atoms with Gasteiger partial charge in [-0.3, -0.25) is 14.5 Å². The van der Waals surface area contributed by atoms with Crippen LogP contribution in [0.15, 0.2) is 78.9 Å². The normalized spacial score (nSPS) is 15.3. The third kappa shape index (κ3) is 5.11. The van der Waals surface area contributed by atoms with Crippen LogP contribution in [0.1, 0.15) is 41.4 Å². The maximum atomic E-state index is 13.7. The molecule has 3 aromatic carbocycles. The number of nitrogens with zero attached hydrogens (tertiary/aromatic N) is 3. The Labute approximate surface area is 228 Å². The molecule has 0 aliphatic carbocycles. The Bertz CT molecular complexity index is 1480. The summed E-state index contributed by atoms with van der Waals surface area (Å²) >= 11 is 1.59. The quantitative estimate of drug-likeness (QED) is 0.344. The zero-order chi connectivity index (χ0) is 26.8. The van der Waals surface area contributed by atoms with E-state index in [1.165, 1.54) is 0 Å². The molecule has 7 heteroatoms. The second-order valence-electron chi connectivity index (χ2n) is 9.96. The topological polar surface area (TPSA) is 67.2 Å². The highest BCUT2D eigenvalue weighted by atomic mass is 32.2. The number of aromatic nitrogens is 2. The van der Waals surface area contributed by atoms with Crippen molar-refractivity contribution in [2.24, 2.45) is 0 Å². The molecule has 1 atom stereocenters. The monoisotopic (exact) mass is 524 g/mol. The first-order chi connectivity index (χ1) is 18.3. The fourth-order valence-electron chi connectivity index (χ4n) is 4.91. The van der Waals surface area contributed by atoms with Gasteiger partial charge in [-0.15, -0.1) is 11.8 Å². The van der Waals surface area contributed by atoms with Crippen LogP contribution in [0.5, 0.6) is 0 Å². The first-order valence-corrected chi connectivity index (χ1v) is 13.9. The van der Waals surface area contributed by atoms with Crippen molar-refractivity contribution in [3.05, 3.63) is 101 Å². The Morgan fingerprint density at radius 2 is 1.76 bits per heavy atom. The fourth-order valence-corrected chi connectivity index (χ4v) is 6.09. The lowest BCUT2D eigenvalue weighted by Gasteiger charge is -2.24. The van der Waals surface area contributed by atoms with Crippen LogP contribution in [0.25, 0.3) is 16.9 Å². The highest BCUT2D eigenvalue weighted by Gasteiger charge is 2.38. The number of hydrogen-bond acceptors (Lipinski definition) is 4. The molecule has 2 heterocycles. The van der Waals surface area contributed by atoms with Gasteiger partial charge in [-0.05, 0) is 44.9 Å². The van der Waals surface area contributed by atoms with Crippen LogP contribution < -0.4 is 10.2 Å². The van der Waals surface area contributed by atoms with Crippen molar-refractivity contribution in [1.29, 1.82) is 0 Å². The molecule has 0 bridgehead atoms. The summed E-state index contributed by atoms with van der Waals surface area (Å²) in [4.78, 5) is 28.4. The van der Waals surface area contributed by atoms with Crippen LogP contribution in [-0.4, -0.2) is 39.9 Å². The van der Waals surface area contributed by atoms with Gasteiger partial charge in [-0.2, -0.15) is 5.10 Å². The summed E-state index contributed by atoms with van der Waals surface area (Å²) in [6.45, 7) is 7.88. The molecule has 0 radical (unpaired) electrons. The molecule has 0 fully saturated rings. The van der Waals surface area contributed by atoms with E-state index in [4.69, 9.17) is 5.10 Å². The number of hydrogen-bond donors (Lipinski definition) is 1. The Morgan fingerprint density at radius 3 is 2.47 bits per heavy atom. The van der Waals surface area contributed by atoms with Crippen LogP contribution in [0.4, 0.5) is 5.82 Å². The molecule has 0 saturated heterocycles. The maximum Gasteiger partial charge on any atom is 0.240 e. The number of benzene rings is 3. The van der Waals surface area contributed by atoms with Crippen molar-refractivity contribution >= 4 is 29.4 Å². The van der Waals surface area contributed by atoms with E-state index in [-0.39, 0.29) is 35.4 Å². The SMILES string of the molecule is Cc1cccc([C@@H]2SCC(=O)N(CC(=O)NC(C)C)c3c2c(-c2ccccc2)nn3-c2ccccc2C)c1. The Morgan fingerprint density at radius 1 is 1.03 bits per heavy atom. The molecule has 0 saturated carbocycles. The van der Waals surface area contributed by atoms with Crippen molar-refractivity contribution in [1.82, 2.24) is 15.1 Å². The summed E-state index contributed by atoms with van der Waals surface area (Å²) < 4.78 is 1.86. The maximum absolute atomic E-state index is 13.7. The number of anilines is 1. The number of thioether (sulfide) groups is 1. The molecule has 0 unspecified atom stereocenters. The molecule has 0 spiro atoms. The van der Waals surface area contributed by atoms with E-state index in [1.54, 1.807) is 16.7 Å². The minimum Gasteiger partial charge on any atom is -0.352 e. The molecular formula is C31H32N4O2S. The predicted molar refractivity (Wildman–Crippen MR) is 155 cm³/mol. The molecule has 1 aromatic heterocycles. The Kier molecular flexibility index (Phi) is 7.38. The molecule has 38 heavy (non-hydrogen) atoms. The van der Waals surface area contributed by atoms with E-state index >= 15 is 0 Å². The third-order valence-corrected chi connectivity index (χ3v) is 7.83. The number of fused-ring (bicyclic) bond motifs is 1. The summed E-state index contributed by atoms with van der Waals surface area (Å²) in [5.41, 5.74) is 6.89. The van der Waals surface area contributed by atoms with Crippen molar-refractivity contribution < 1.29 is 9.59 Å². The first-order valence-electron chi connectivity index (χ1n) is 12.9. The average molecular weight is 525 g/mol. The zero-order valence-electron chi connectivity index (χ0n) is 22.1. The van der Waals surface area contributed by atoms with E-state index in [1.807, 2.05) is 80.1 Å². The van der Waals surface area contributed by atoms with Gasteiger partial charge in [0.15, 0.2) is 0 Å². The van der Waals surface area contributed by atoms with Crippen molar-refractivity contribution in [2.75, 3.05) is 17.2 Å². The minimum absolute atomic E-state index is 0.0281. The fraction of sp³-hybridized carbons (Fsp3) is 0.258. The van der Waals surface area contributed by atoms with Gasteiger partial charge >= 0.3 is 0 Å². The molecule has 2 amide bonds. The molecule has 4 aromatic rings. The summed E-state index contributed by atoms with van der Waals surface area (Å²) in [6, 6.07) is 26.5. The van der Waals surface area contributed by atoms with Gasteiger partial charge in [0, 0.05) is 17.2 Å². The molecule has 6 nitrogen and oxygen atoms in total. The summed E-state index contributed by atoms with van der Waals surface area (Å²) in [5.74, 6) is 0.597. The molecule has 194 valence electrons. The van der Waals surface area contributed by atoms with Crippen molar-refractivity contribution in [2.45, 2.75) is 39.0 Å². The standard InChI is InChI=1S/C31H32N4O2S/c1-20(2)32-26(36)18-34-27(37)19-38-30(24-15-10-11-21(3)17-24)28-29(23-13-6-5-7-14-23)33-35(31(28)34)25-16-9-8-12-22(25)4/h5-17,20,30H,18-19H2,1-4H3,(H,32,36)/t30-/m0/s1. The highest BCUT2D eigenvalue weighted by molar-refractivity contribution is 8.00. The lowest BCUT2D eigenvalue weighted by Crippen LogP contribution is -2.44. The van der Waals surface area contributed by atoms with Crippen LogP contribution in [-0.2, 0) is 9.59 Å². The number of amides is 2. The lowest BCUT2D eigenvalue weighted by molar-refractivity contribution is -0.123. The van der Waals surface area contributed by atoms with Gasteiger partial charge in [0.2, 0.25) is 11.8 Å². The van der Waals surface area contributed by atoms with E-state index < -0.39 is 0 Å². The zero-order valence-corrected chi connectivity index (χ0v) is 23.0. The summed E-state index contributed by atoms with van der Waals surface area (Å²) in [5, 5.41) is 7.98. The minimum atomic E-state index is -0.197. The predicted octanol–water partition coefficient (Wildman–Crippen LogP) is 5.85. The lowest BCUT2D eigenvalue weighted by atomic mass is 9.98. The molecular weight excluding hydrogens is 492 g/mol. The van der Waals surface area contributed by atoms with Gasteiger partial charge in [-0.25, -0.2) is 4.68 Å². The average Bonchev–Trinajstić information content (AvgIpc) is 3.21. The van der Waals surface area contributed by atoms with Gasteiger partial charge < -0.3 is 5.32 Å². The number of nitrogens with one attached hydrogen (secondary N) is 1. The van der Waals surface area contributed by atoms with Gasteiger partial charge in [0.25, 0.3) is 0 Å². The summed E-state index contributed by atoms with van der Waals surface area (Å²) in [7, 11) is 0. The van der Waals surface area contributed by atoms with Gasteiger partial charge in [-0.1, -0.05) is 78.4 Å². The highest BCUT2D eigenvalue weighted by Crippen LogP contribution is 2.48. The van der Waals surface area contributed by atoms with Crippen LogP contribution in [0.3, 0.4) is 0 Å². The third-order valence-electron chi connectivity index (χ3n) is 6.58. The Balaban J connectivity index is 1.82. The number of rotatable bonds is 6. The van der Waals surface area contributed by atoms with Crippen LogP contribution >= 0.6 is 11.8 Å². The Hall–Kier alpha value is -3.84. The number of para-hydroxylation sites is 1. The van der Waals surface area contributed by atoms with Crippen molar-refractivity contribution in [3.8, 4) is 16.9 Å². The van der Waals surface area contributed by atoms with E-state index in [0.717, 1.165) is 39.2 Å². The first kappa shape index (κ1) is 25.8. The van der Waals surface area contributed by atoms with Gasteiger partial charge in [0.05, 0.1) is 22.4 Å². The van der Waals surface area contributed by atoms with E-state index in [9.17, 15) is 9.59 Å². The number of aryl methyl sites for hydroxylation is 2. The second-order valence-corrected chi connectivity index (χ2v) is 11.1. The molecule has 1 aliphatic rings. The smallest absolute Gasteiger partial charge is 0.240 e. The largest absolute Gasteiger partial charge is 0.352 e. The van der Waals surface area contributed by atoms with Crippen molar-refractivity contribution in [3.63, 3.8) is 0 Å². The molecule has 1 N–H and O–H groups in total. The van der Waals surface area contributed by atoms with E-state index in [0.29, 0.717) is 5.82 Å². The summed E-state index contributed by atoms with van der Waals surface area (Å²) in [6.07, 6.45) is 0. The van der Waals surface area contributed by atoms with E-state index in [2.05, 4.69) is 36.5 Å². The number of carbonyl (C=O) groups excluding carboxylic acids is 2.